The molecule has 42 heavy (non-hydrogen) atoms. The minimum atomic E-state index is -0.410. The Balaban J connectivity index is 1.05. The Hall–Kier alpha value is -3.76. The van der Waals surface area contributed by atoms with Crippen LogP contribution in [0, 0.1) is 5.92 Å². The van der Waals surface area contributed by atoms with Gasteiger partial charge in [0.15, 0.2) is 0 Å². The number of carbonyl (C=O) groups excluding carboxylic acids is 2. The molecule has 2 aromatic heterocycles. The van der Waals surface area contributed by atoms with Gasteiger partial charge >= 0.3 is 0 Å². The number of nitrogens with zero attached hydrogens (tertiary/aromatic N) is 5. The lowest BCUT2D eigenvalue weighted by atomic mass is 9.92. The Morgan fingerprint density at radius 1 is 1.00 bits per heavy atom. The molecule has 2 saturated heterocycles. The molecule has 4 aromatic rings. The van der Waals surface area contributed by atoms with Gasteiger partial charge in [0.25, 0.3) is 17.4 Å². The van der Waals surface area contributed by atoms with Crippen LogP contribution in [0.25, 0.3) is 11.3 Å². The maximum Gasteiger partial charge on any atom is 0.261 e. The second-order valence-electron chi connectivity index (χ2n) is 10.9. The number of likely N-dealkylation sites (tertiary alicyclic amines) is 1. The summed E-state index contributed by atoms with van der Waals surface area (Å²) in [6.45, 7) is 1.82. The number of pyridine rings is 1. The molecule has 0 aliphatic carbocycles. The summed E-state index contributed by atoms with van der Waals surface area (Å²) in [5.74, 6) is 0.107. The summed E-state index contributed by atoms with van der Waals surface area (Å²) >= 11 is 9.53. The Morgan fingerprint density at radius 3 is 2.52 bits per heavy atom. The summed E-state index contributed by atoms with van der Waals surface area (Å²) in [6.07, 6.45) is 5.85. The van der Waals surface area contributed by atoms with Gasteiger partial charge in [0, 0.05) is 46.7 Å². The third kappa shape index (κ3) is 6.05. The molecule has 6 rings (SSSR count). The van der Waals surface area contributed by atoms with E-state index in [2.05, 4.69) is 31.2 Å². The van der Waals surface area contributed by atoms with Crippen LogP contribution in [0.1, 0.15) is 47.8 Å². The number of benzene rings is 2. The lowest BCUT2D eigenvalue weighted by molar-refractivity contribution is -0.123. The molecule has 2 fully saturated rings. The van der Waals surface area contributed by atoms with Gasteiger partial charge in [0.2, 0.25) is 0 Å². The van der Waals surface area contributed by atoms with Crippen molar-refractivity contribution in [2.75, 3.05) is 24.5 Å². The van der Waals surface area contributed by atoms with E-state index in [-0.39, 0.29) is 23.4 Å². The molecule has 0 radical (unpaired) electrons. The molecule has 9 nitrogen and oxygen atoms in total. The molecule has 0 bridgehead atoms. The van der Waals surface area contributed by atoms with E-state index < -0.39 is 5.56 Å². The van der Waals surface area contributed by atoms with Gasteiger partial charge in [-0.2, -0.15) is 0 Å². The lowest BCUT2D eigenvalue weighted by Gasteiger charge is -2.32. The number of H-pyrrole nitrogens is 1. The number of hydrogen-bond donors (Lipinski definition) is 1. The number of nitrogens with one attached hydrogen (secondary N) is 1. The summed E-state index contributed by atoms with van der Waals surface area (Å²) in [4.78, 5) is 45.6. The minimum absolute atomic E-state index is 0.0300. The number of aromatic nitrogens is 4. The molecule has 1 N–H and O–H groups in total. The highest BCUT2D eigenvalue weighted by Gasteiger charge is 2.32. The van der Waals surface area contributed by atoms with Crippen molar-refractivity contribution in [3.63, 3.8) is 0 Å². The minimum Gasteiger partial charge on any atom is -0.338 e. The van der Waals surface area contributed by atoms with Crippen molar-refractivity contribution < 1.29 is 9.59 Å². The molecule has 2 aliphatic rings. The number of anilines is 1. The number of aromatic amines is 1. The van der Waals surface area contributed by atoms with E-state index in [0.29, 0.717) is 36.3 Å². The van der Waals surface area contributed by atoms with Crippen LogP contribution in [0.2, 0.25) is 5.02 Å². The highest BCUT2D eigenvalue weighted by Crippen LogP contribution is 2.29. The summed E-state index contributed by atoms with van der Waals surface area (Å²) in [5, 5.41) is 9.28. The van der Waals surface area contributed by atoms with E-state index in [4.69, 9.17) is 11.6 Å². The maximum absolute atomic E-state index is 13.3. The first-order valence-electron chi connectivity index (χ1n) is 14.1. The number of hydrogen-bond acceptors (Lipinski definition) is 5. The predicted octanol–water partition coefficient (Wildman–Crippen LogP) is 5.51. The van der Waals surface area contributed by atoms with E-state index in [1.165, 1.54) is 0 Å². The largest absolute Gasteiger partial charge is 0.338 e. The standard InChI is InChI=1S/C31H30BrClN6O3/c32-22-6-8-25(9-7-22)38-14-2-5-28(31(38)42)39-19-24(35-36-39)17-20-12-15-37(16-13-20)30(41)26-10-11-27(34-29(26)40)21-3-1-4-23(33)18-21/h1,3-4,6-11,18-20,28H,2,5,12-17H2,(H,34,40). The van der Waals surface area contributed by atoms with Crippen molar-refractivity contribution in [3.8, 4) is 11.3 Å². The molecule has 4 heterocycles. The van der Waals surface area contributed by atoms with Crippen LogP contribution in [0.5, 0.6) is 0 Å². The molecule has 2 aliphatic heterocycles. The van der Waals surface area contributed by atoms with Crippen LogP contribution in [0.4, 0.5) is 5.69 Å². The predicted molar refractivity (Wildman–Crippen MR) is 165 cm³/mol. The first kappa shape index (κ1) is 28.4. The van der Waals surface area contributed by atoms with Crippen LogP contribution in [0.15, 0.2) is 76.1 Å². The van der Waals surface area contributed by atoms with Gasteiger partial charge in [-0.05, 0) is 92.1 Å². The first-order chi connectivity index (χ1) is 20.4. The van der Waals surface area contributed by atoms with Crippen LogP contribution < -0.4 is 10.5 Å². The van der Waals surface area contributed by atoms with Crippen LogP contribution in [0.3, 0.4) is 0 Å². The molecule has 1 unspecified atom stereocenters. The van der Waals surface area contributed by atoms with Crippen LogP contribution >= 0.6 is 27.5 Å². The molecular weight excluding hydrogens is 620 g/mol. The van der Waals surface area contributed by atoms with Gasteiger partial charge in [-0.1, -0.05) is 44.9 Å². The van der Waals surface area contributed by atoms with E-state index in [9.17, 15) is 14.4 Å². The van der Waals surface area contributed by atoms with Gasteiger partial charge < -0.3 is 14.8 Å². The average Bonchev–Trinajstić information content (AvgIpc) is 3.46. The van der Waals surface area contributed by atoms with E-state index in [1.807, 2.05) is 47.5 Å². The van der Waals surface area contributed by atoms with Crippen molar-refractivity contribution in [2.24, 2.45) is 5.92 Å². The smallest absolute Gasteiger partial charge is 0.261 e. The number of piperidine rings is 2. The quantitative estimate of drug-likeness (QED) is 0.297. The number of rotatable bonds is 6. The summed E-state index contributed by atoms with van der Waals surface area (Å²) in [5.41, 5.74) is 2.85. The monoisotopic (exact) mass is 648 g/mol. The second kappa shape index (κ2) is 12.2. The van der Waals surface area contributed by atoms with E-state index in [1.54, 1.807) is 33.8 Å². The Labute approximate surface area is 256 Å². The van der Waals surface area contributed by atoms with E-state index >= 15 is 0 Å². The average molecular weight is 650 g/mol. The zero-order chi connectivity index (χ0) is 29.2. The molecule has 216 valence electrons. The second-order valence-corrected chi connectivity index (χ2v) is 12.2. The van der Waals surface area contributed by atoms with Crippen LogP contribution in [-0.2, 0) is 11.2 Å². The highest BCUT2D eigenvalue weighted by molar-refractivity contribution is 9.10. The summed E-state index contributed by atoms with van der Waals surface area (Å²) in [6, 6.07) is 17.9. The van der Waals surface area contributed by atoms with Crippen molar-refractivity contribution in [1.29, 1.82) is 0 Å². The molecule has 11 heteroatoms. The number of amides is 2. The van der Waals surface area contributed by atoms with Gasteiger partial charge in [0.05, 0.1) is 5.69 Å². The van der Waals surface area contributed by atoms with Crippen LogP contribution in [-0.4, -0.2) is 56.3 Å². The van der Waals surface area contributed by atoms with Gasteiger partial charge in [0.1, 0.15) is 11.6 Å². The summed E-state index contributed by atoms with van der Waals surface area (Å²) < 4.78 is 2.68. The maximum atomic E-state index is 13.3. The zero-order valence-electron chi connectivity index (χ0n) is 22.9. The molecule has 2 amide bonds. The molecule has 2 aromatic carbocycles. The number of carbonyl (C=O) groups is 2. The molecular formula is C31H30BrClN6O3. The fourth-order valence-electron chi connectivity index (χ4n) is 5.81. The van der Waals surface area contributed by atoms with Gasteiger partial charge in [-0.3, -0.25) is 14.4 Å². The van der Waals surface area contributed by atoms with Gasteiger partial charge in [-0.25, -0.2) is 4.68 Å². The molecule has 0 spiro atoms. The van der Waals surface area contributed by atoms with E-state index in [0.717, 1.165) is 53.5 Å². The Morgan fingerprint density at radius 2 is 1.79 bits per heavy atom. The SMILES string of the molecule is O=C(c1ccc(-c2cccc(Cl)c2)[nH]c1=O)N1CCC(Cc2cn(C3CCCN(c4ccc(Br)cc4)C3=O)nn2)CC1. The lowest BCUT2D eigenvalue weighted by Crippen LogP contribution is -2.42. The van der Waals surface area contributed by atoms with Crippen molar-refractivity contribution in [1.82, 2.24) is 24.9 Å². The fraction of sp³-hybridized carbons (Fsp3) is 0.323. The first-order valence-corrected chi connectivity index (χ1v) is 15.3. The van der Waals surface area contributed by atoms with Crippen molar-refractivity contribution in [2.45, 2.75) is 38.1 Å². The highest BCUT2D eigenvalue weighted by atomic mass is 79.9. The third-order valence-electron chi connectivity index (χ3n) is 8.10. The third-order valence-corrected chi connectivity index (χ3v) is 8.86. The van der Waals surface area contributed by atoms with Gasteiger partial charge in [-0.15, -0.1) is 5.10 Å². The molecule has 0 saturated carbocycles. The fourth-order valence-corrected chi connectivity index (χ4v) is 6.27. The Bertz CT molecular complexity index is 1660. The van der Waals surface area contributed by atoms with Crippen molar-refractivity contribution in [3.05, 3.63) is 98.0 Å². The van der Waals surface area contributed by atoms with Crippen molar-refractivity contribution >= 4 is 45.0 Å². The zero-order valence-corrected chi connectivity index (χ0v) is 25.2. The number of halogens is 2. The molecule has 1 atom stereocenters. The summed E-state index contributed by atoms with van der Waals surface area (Å²) in [7, 11) is 0. The Kier molecular flexibility index (Phi) is 8.26. The topological polar surface area (TPSA) is 104 Å². The normalized spacial score (nSPS) is 18.0.